The molecule has 1 saturated heterocycles. The Morgan fingerprint density at radius 2 is 1.89 bits per heavy atom. The number of aryl methyl sites for hydroxylation is 2. The van der Waals surface area contributed by atoms with Gasteiger partial charge in [-0.2, -0.15) is 9.40 Å². The summed E-state index contributed by atoms with van der Waals surface area (Å²) in [5, 5.41) is 4.41. The number of hydrogen-bond donors (Lipinski definition) is 0. The zero-order chi connectivity index (χ0) is 19.8. The van der Waals surface area contributed by atoms with Crippen molar-refractivity contribution in [1.29, 1.82) is 0 Å². The van der Waals surface area contributed by atoms with Crippen LogP contribution in [0.2, 0.25) is 0 Å². The molecule has 2 heterocycles. The minimum atomic E-state index is -3.55. The summed E-state index contributed by atoms with van der Waals surface area (Å²) in [7, 11) is -1.92. The number of sulfonamides is 1. The molecule has 1 fully saturated rings. The van der Waals surface area contributed by atoms with E-state index in [2.05, 4.69) is 5.10 Å². The molecule has 1 unspecified atom stereocenters. The maximum absolute atomic E-state index is 13.1. The quantitative estimate of drug-likeness (QED) is 0.782. The van der Waals surface area contributed by atoms with Crippen molar-refractivity contribution >= 4 is 10.0 Å². The van der Waals surface area contributed by atoms with Crippen molar-refractivity contribution in [1.82, 2.24) is 18.7 Å². The third-order valence-corrected chi connectivity index (χ3v) is 7.10. The summed E-state index contributed by atoms with van der Waals surface area (Å²) in [6, 6.07) is 7.08. The van der Waals surface area contributed by atoms with Crippen LogP contribution in [0.4, 0.5) is 0 Å². The lowest BCUT2D eigenvalue weighted by atomic mass is 9.98. The third-order valence-electron chi connectivity index (χ3n) is 5.22. The summed E-state index contributed by atoms with van der Waals surface area (Å²) >= 11 is 0. The summed E-state index contributed by atoms with van der Waals surface area (Å²) in [5.41, 5.74) is 0.954. The minimum Gasteiger partial charge on any atom is -0.276 e. The molecule has 148 valence electrons. The summed E-state index contributed by atoms with van der Waals surface area (Å²) < 4.78 is 30.7. The molecule has 0 spiro atoms. The number of rotatable bonds is 5. The van der Waals surface area contributed by atoms with Gasteiger partial charge in [-0.1, -0.05) is 19.1 Å². The number of piperidine rings is 1. The fourth-order valence-electron chi connectivity index (χ4n) is 3.68. The number of hydrogen-bond acceptors (Lipinski definition) is 4. The molecule has 1 atom stereocenters. The van der Waals surface area contributed by atoms with Crippen LogP contribution in [0.3, 0.4) is 0 Å². The van der Waals surface area contributed by atoms with Crippen molar-refractivity contribution < 1.29 is 8.42 Å². The second-order valence-corrected chi connectivity index (χ2v) is 9.37. The van der Waals surface area contributed by atoms with E-state index in [1.807, 2.05) is 32.9 Å². The van der Waals surface area contributed by atoms with Crippen LogP contribution in [-0.4, -0.2) is 40.2 Å². The molecule has 7 nitrogen and oxygen atoms in total. The van der Waals surface area contributed by atoms with E-state index >= 15 is 0 Å². The fourth-order valence-corrected chi connectivity index (χ4v) is 5.20. The molecule has 0 bridgehead atoms. The highest BCUT2D eigenvalue weighted by atomic mass is 32.2. The van der Waals surface area contributed by atoms with Crippen molar-refractivity contribution in [2.75, 3.05) is 13.1 Å². The molecule has 0 radical (unpaired) electrons. The molecule has 1 aliphatic heterocycles. The van der Waals surface area contributed by atoms with E-state index < -0.39 is 10.0 Å². The number of nitrogens with zero attached hydrogens (tertiary/aromatic N) is 4. The summed E-state index contributed by atoms with van der Waals surface area (Å²) in [5.74, 6) is 0.596. The predicted molar refractivity (Wildman–Crippen MR) is 104 cm³/mol. The van der Waals surface area contributed by atoms with Gasteiger partial charge in [0.15, 0.2) is 0 Å². The second-order valence-electron chi connectivity index (χ2n) is 7.43. The zero-order valence-corrected chi connectivity index (χ0v) is 17.2. The van der Waals surface area contributed by atoms with E-state index in [1.54, 1.807) is 23.7 Å². The largest absolute Gasteiger partial charge is 0.345 e. The van der Waals surface area contributed by atoms with E-state index in [9.17, 15) is 13.2 Å². The SMILES string of the molecule is CCc1ccc(S(=O)(=O)N2CCCC(c3nn(C)c(=O)n3C(C)C)C2)cc1. The van der Waals surface area contributed by atoms with Gasteiger partial charge in [0.1, 0.15) is 5.82 Å². The van der Waals surface area contributed by atoms with Crippen LogP contribution in [0.25, 0.3) is 0 Å². The van der Waals surface area contributed by atoms with Crippen LogP contribution in [0.1, 0.15) is 57.0 Å². The van der Waals surface area contributed by atoms with Crippen molar-refractivity contribution in [3.63, 3.8) is 0 Å². The fraction of sp³-hybridized carbons (Fsp3) is 0.579. The standard InChI is InChI=1S/C19H28N4O3S/c1-5-15-8-10-17(11-9-15)27(25,26)22-12-6-7-16(13-22)18-20-21(4)19(24)23(18)14(2)3/h8-11,14,16H,5-7,12-13H2,1-4H3. The summed E-state index contributed by atoms with van der Waals surface area (Å²) in [4.78, 5) is 12.7. The average Bonchev–Trinajstić information content (AvgIpc) is 2.97. The Hall–Kier alpha value is -1.93. The highest BCUT2D eigenvalue weighted by molar-refractivity contribution is 7.89. The minimum absolute atomic E-state index is 0.0187. The summed E-state index contributed by atoms with van der Waals surface area (Å²) in [6.07, 6.45) is 2.45. The molecule has 3 rings (SSSR count). The van der Waals surface area contributed by atoms with Crippen LogP contribution < -0.4 is 5.69 Å². The van der Waals surface area contributed by atoms with Gasteiger partial charge in [0.05, 0.1) is 4.90 Å². The maximum atomic E-state index is 13.1. The molecular formula is C19H28N4O3S. The highest BCUT2D eigenvalue weighted by Gasteiger charge is 2.34. The van der Waals surface area contributed by atoms with E-state index in [-0.39, 0.29) is 17.6 Å². The van der Waals surface area contributed by atoms with E-state index in [1.165, 1.54) is 8.99 Å². The van der Waals surface area contributed by atoms with E-state index in [4.69, 9.17) is 0 Å². The van der Waals surface area contributed by atoms with E-state index in [0.29, 0.717) is 23.8 Å². The summed E-state index contributed by atoms with van der Waals surface area (Å²) in [6.45, 7) is 6.77. The normalized spacial score (nSPS) is 18.9. The lowest BCUT2D eigenvalue weighted by Crippen LogP contribution is -2.40. The smallest absolute Gasteiger partial charge is 0.276 e. The molecule has 1 aliphatic rings. The maximum Gasteiger partial charge on any atom is 0.345 e. The van der Waals surface area contributed by atoms with Gasteiger partial charge in [-0.25, -0.2) is 17.9 Å². The molecule has 8 heteroatoms. The van der Waals surface area contributed by atoms with Gasteiger partial charge in [-0.3, -0.25) is 4.57 Å². The molecular weight excluding hydrogens is 364 g/mol. The van der Waals surface area contributed by atoms with Crippen LogP contribution in [0.15, 0.2) is 34.0 Å². The molecule has 0 amide bonds. The van der Waals surface area contributed by atoms with Crippen LogP contribution in [-0.2, 0) is 23.5 Å². The van der Waals surface area contributed by atoms with Gasteiger partial charge in [0.25, 0.3) is 0 Å². The highest BCUT2D eigenvalue weighted by Crippen LogP contribution is 2.30. The van der Waals surface area contributed by atoms with Crippen molar-refractivity contribution in [3.8, 4) is 0 Å². The van der Waals surface area contributed by atoms with Crippen molar-refractivity contribution in [3.05, 3.63) is 46.1 Å². The van der Waals surface area contributed by atoms with Gasteiger partial charge in [0, 0.05) is 32.1 Å². The molecule has 2 aromatic rings. The molecule has 27 heavy (non-hydrogen) atoms. The van der Waals surface area contributed by atoms with Gasteiger partial charge in [-0.05, 0) is 50.8 Å². The Bertz CT molecular complexity index is 958. The van der Waals surface area contributed by atoms with Crippen LogP contribution in [0.5, 0.6) is 0 Å². The molecule has 1 aromatic carbocycles. The van der Waals surface area contributed by atoms with Crippen LogP contribution in [0, 0.1) is 0 Å². The average molecular weight is 393 g/mol. The van der Waals surface area contributed by atoms with Crippen LogP contribution >= 0.6 is 0 Å². The number of benzene rings is 1. The first-order valence-electron chi connectivity index (χ1n) is 9.50. The third kappa shape index (κ3) is 3.73. The molecule has 0 saturated carbocycles. The Morgan fingerprint density at radius 3 is 2.48 bits per heavy atom. The Kier molecular flexibility index (Phi) is 5.58. The Labute approximate surface area is 160 Å². The second kappa shape index (κ2) is 7.59. The van der Waals surface area contributed by atoms with Gasteiger partial charge in [-0.15, -0.1) is 0 Å². The van der Waals surface area contributed by atoms with Gasteiger partial charge < -0.3 is 0 Å². The monoisotopic (exact) mass is 392 g/mol. The topological polar surface area (TPSA) is 77.2 Å². The molecule has 1 aromatic heterocycles. The lowest BCUT2D eigenvalue weighted by Gasteiger charge is -2.31. The van der Waals surface area contributed by atoms with Crippen molar-refractivity contribution in [2.24, 2.45) is 7.05 Å². The van der Waals surface area contributed by atoms with Gasteiger partial charge in [0.2, 0.25) is 10.0 Å². The molecule has 0 N–H and O–H groups in total. The van der Waals surface area contributed by atoms with Gasteiger partial charge >= 0.3 is 5.69 Å². The first-order chi connectivity index (χ1) is 12.8. The Morgan fingerprint density at radius 1 is 1.22 bits per heavy atom. The lowest BCUT2D eigenvalue weighted by molar-refractivity contribution is 0.301. The first kappa shape index (κ1) is 19.8. The Balaban J connectivity index is 1.90. The number of aromatic nitrogens is 3. The molecule has 0 aliphatic carbocycles. The first-order valence-corrected chi connectivity index (χ1v) is 10.9. The van der Waals surface area contributed by atoms with Crippen molar-refractivity contribution in [2.45, 2.75) is 56.9 Å². The van der Waals surface area contributed by atoms with E-state index in [0.717, 1.165) is 24.8 Å². The predicted octanol–water partition coefficient (Wildman–Crippen LogP) is 2.29. The zero-order valence-electron chi connectivity index (χ0n) is 16.4.